The predicted octanol–water partition coefficient (Wildman–Crippen LogP) is 3.47. The van der Waals surface area contributed by atoms with Gasteiger partial charge in [-0.25, -0.2) is 0 Å². The SMILES string of the molecule is CCNCC1CCC1Cc1ccc(I)cc1. The monoisotopic (exact) mass is 329 g/mol. The number of hydrogen-bond donors (Lipinski definition) is 1. The Morgan fingerprint density at radius 2 is 1.88 bits per heavy atom. The van der Waals surface area contributed by atoms with Crippen LogP contribution in [-0.2, 0) is 6.42 Å². The second-order valence-electron chi connectivity index (χ2n) is 4.74. The molecule has 1 aromatic carbocycles. The van der Waals surface area contributed by atoms with Crippen molar-refractivity contribution in [2.45, 2.75) is 26.2 Å². The van der Waals surface area contributed by atoms with Crippen molar-refractivity contribution in [1.29, 1.82) is 0 Å². The first-order valence-electron chi connectivity index (χ1n) is 6.24. The normalized spacial score (nSPS) is 24.1. The molecule has 0 aliphatic heterocycles. The van der Waals surface area contributed by atoms with Crippen molar-refractivity contribution in [3.05, 3.63) is 33.4 Å². The molecule has 1 aliphatic carbocycles. The highest BCUT2D eigenvalue weighted by atomic mass is 127. The van der Waals surface area contributed by atoms with Crippen molar-refractivity contribution in [3.8, 4) is 0 Å². The zero-order valence-electron chi connectivity index (χ0n) is 9.88. The molecule has 88 valence electrons. The second-order valence-corrected chi connectivity index (χ2v) is 5.98. The maximum absolute atomic E-state index is 3.47. The van der Waals surface area contributed by atoms with Crippen LogP contribution >= 0.6 is 22.6 Å². The molecule has 1 N–H and O–H groups in total. The minimum Gasteiger partial charge on any atom is -0.317 e. The molecule has 1 aliphatic rings. The summed E-state index contributed by atoms with van der Waals surface area (Å²) in [6, 6.07) is 9.00. The molecule has 0 saturated heterocycles. The van der Waals surface area contributed by atoms with E-state index in [1.807, 2.05) is 0 Å². The molecule has 2 unspecified atom stereocenters. The lowest BCUT2D eigenvalue weighted by atomic mass is 9.71. The summed E-state index contributed by atoms with van der Waals surface area (Å²) in [5.74, 6) is 1.83. The Labute approximate surface area is 112 Å². The zero-order chi connectivity index (χ0) is 11.4. The van der Waals surface area contributed by atoms with Crippen molar-refractivity contribution >= 4 is 22.6 Å². The van der Waals surface area contributed by atoms with E-state index >= 15 is 0 Å². The van der Waals surface area contributed by atoms with Gasteiger partial charge in [-0.2, -0.15) is 0 Å². The molecule has 1 fully saturated rings. The number of hydrogen-bond acceptors (Lipinski definition) is 1. The fourth-order valence-electron chi connectivity index (χ4n) is 2.43. The van der Waals surface area contributed by atoms with E-state index in [0.717, 1.165) is 18.4 Å². The number of halogens is 1. The molecule has 1 saturated carbocycles. The third-order valence-corrected chi connectivity index (χ3v) is 4.36. The van der Waals surface area contributed by atoms with Crippen LogP contribution in [0.25, 0.3) is 0 Å². The van der Waals surface area contributed by atoms with Crippen molar-refractivity contribution in [2.24, 2.45) is 11.8 Å². The molecule has 0 heterocycles. The van der Waals surface area contributed by atoms with Gasteiger partial charge in [0, 0.05) is 3.57 Å². The third-order valence-electron chi connectivity index (χ3n) is 3.64. The van der Waals surface area contributed by atoms with E-state index in [1.165, 1.54) is 34.9 Å². The quantitative estimate of drug-likeness (QED) is 0.816. The average Bonchev–Trinajstić information content (AvgIpc) is 2.27. The lowest BCUT2D eigenvalue weighted by Crippen LogP contribution is -2.36. The van der Waals surface area contributed by atoms with Crippen molar-refractivity contribution in [2.75, 3.05) is 13.1 Å². The summed E-state index contributed by atoms with van der Waals surface area (Å²) in [6.07, 6.45) is 4.11. The molecule has 0 aromatic heterocycles. The summed E-state index contributed by atoms with van der Waals surface area (Å²) >= 11 is 2.37. The number of rotatable bonds is 5. The van der Waals surface area contributed by atoms with E-state index < -0.39 is 0 Å². The highest BCUT2D eigenvalue weighted by Crippen LogP contribution is 2.36. The maximum Gasteiger partial charge on any atom is 0.0130 e. The highest BCUT2D eigenvalue weighted by Gasteiger charge is 2.29. The molecule has 0 radical (unpaired) electrons. The van der Waals surface area contributed by atoms with Gasteiger partial charge in [-0.1, -0.05) is 19.1 Å². The standard InChI is InChI=1S/C14H20IN/c1-2-16-10-13-6-5-12(13)9-11-3-7-14(15)8-4-11/h3-4,7-8,12-13,16H,2,5-6,9-10H2,1H3. The van der Waals surface area contributed by atoms with Gasteiger partial charge >= 0.3 is 0 Å². The van der Waals surface area contributed by atoms with E-state index in [2.05, 4.69) is 59.1 Å². The Balaban J connectivity index is 1.83. The van der Waals surface area contributed by atoms with Crippen molar-refractivity contribution in [3.63, 3.8) is 0 Å². The molecule has 0 bridgehead atoms. The Kier molecular flexibility index (Phi) is 4.65. The highest BCUT2D eigenvalue weighted by molar-refractivity contribution is 14.1. The molecule has 0 amide bonds. The van der Waals surface area contributed by atoms with Gasteiger partial charge in [-0.3, -0.25) is 0 Å². The molecule has 16 heavy (non-hydrogen) atoms. The van der Waals surface area contributed by atoms with Crippen molar-refractivity contribution in [1.82, 2.24) is 5.32 Å². The van der Waals surface area contributed by atoms with Crippen LogP contribution in [0.1, 0.15) is 25.3 Å². The lowest BCUT2D eigenvalue weighted by Gasteiger charge is -2.37. The summed E-state index contributed by atoms with van der Waals surface area (Å²) in [7, 11) is 0. The van der Waals surface area contributed by atoms with Gasteiger partial charge in [0.2, 0.25) is 0 Å². The third kappa shape index (κ3) is 3.20. The summed E-state index contributed by atoms with van der Waals surface area (Å²) in [5, 5.41) is 3.47. The second kappa shape index (κ2) is 6.01. The lowest BCUT2D eigenvalue weighted by molar-refractivity contribution is 0.172. The first kappa shape index (κ1) is 12.4. The topological polar surface area (TPSA) is 12.0 Å². The van der Waals surface area contributed by atoms with Gasteiger partial charge in [0.25, 0.3) is 0 Å². The van der Waals surface area contributed by atoms with Crippen LogP contribution in [0, 0.1) is 15.4 Å². The fraction of sp³-hybridized carbons (Fsp3) is 0.571. The van der Waals surface area contributed by atoms with Crippen LogP contribution in [0.15, 0.2) is 24.3 Å². The van der Waals surface area contributed by atoms with E-state index in [9.17, 15) is 0 Å². The van der Waals surface area contributed by atoms with Gasteiger partial charge in [-0.15, -0.1) is 0 Å². The molecule has 0 spiro atoms. The minimum atomic E-state index is 0.916. The molecule has 2 rings (SSSR count). The van der Waals surface area contributed by atoms with Gasteiger partial charge in [0.05, 0.1) is 0 Å². The molecule has 1 nitrogen and oxygen atoms in total. The van der Waals surface area contributed by atoms with Gasteiger partial charge in [0.1, 0.15) is 0 Å². The largest absolute Gasteiger partial charge is 0.317 e. The molecular formula is C14H20IN. The van der Waals surface area contributed by atoms with E-state index in [1.54, 1.807) is 0 Å². The number of benzene rings is 1. The maximum atomic E-state index is 3.47. The van der Waals surface area contributed by atoms with Crippen LogP contribution < -0.4 is 5.32 Å². The summed E-state index contributed by atoms with van der Waals surface area (Å²) in [6.45, 7) is 4.51. The molecule has 1 aromatic rings. The Morgan fingerprint density at radius 1 is 1.19 bits per heavy atom. The Bertz CT molecular complexity index is 320. The average molecular weight is 329 g/mol. The summed E-state index contributed by atoms with van der Waals surface area (Å²) < 4.78 is 1.33. The minimum absolute atomic E-state index is 0.916. The summed E-state index contributed by atoms with van der Waals surface area (Å²) in [4.78, 5) is 0. The smallest absolute Gasteiger partial charge is 0.0130 e. The Morgan fingerprint density at radius 3 is 2.44 bits per heavy atom. The molecular weight excluding hydrogens is 309 g/mol. The van der Waals surface area contributed by atoms with Gasteiger partial charge in [-0.05, 0) is 84.5 Å². The first-order valence-corrected chi connectivity index (χ1v) is 7.32. The number of nitrogens with one attached hydrogen (secondary N) is 1. The Hall–Kier alpha value is -0.0900. The van der Waals surface area contributed by atoms with Gasteiger partial charge < -0.3 is 5.32 Å². The van der Waals surface area contributed by atoms with Crippen LogP contribution in [0.5, 0.6) is 0 Å². The molecule has 2 atom stereocenters. The van der Waals surface area contributed by atoms with Crippen LogP contribution in [0.3, 0.4) is 0 Å². The summed E-state index contributed by atoms with van der Waals surface area (Å²) in [5.41, 5.74) is 1.51. The van der Waals surface area contributed by atoms with E-state index in [-0.39, 0.29) is 0 Å². The zero-order valence-corrected chi connectivity index (χ0v) is 12.0. The predicted molar refractivity (Wildman–Crippen MR) is 77.6 cm³/mol. The molecule has 2 heteroatoms. The van der Waals surface area contributed by atoms with E-state index in [0.29, 0.717) is 0 Å². The van der Waals surface area contributed by atoms with Crippen molar-refractivity contribution < 1.29 is 0 Å². The van der Waals surface area contributed by atoms with E-state index in [4.69, 9.17) is 0 Å². The van der Waals surface area contributed by atoms with Crippen LogP contribution in [0.4, 0.5) is 0 Å². The fourth-order valence-corrected chi connectivity index (χ4v) is 2.79. The van der Waals surface area contributed by atoms with Gasteiger partial charge in [0.15, 0.2) is 0 Å². The van der Waals surface area contributed by atoms with Crippen LogP contribution in [-0.4, -0.2) is 13.1 Å². The van der Waals surface area contributed by atoms with Crippen LogP contribution in [0.2, 0.25) is 0 Å². The first-order chi connectivity index (χ1) is 7.79.